The monoisotopic (exact) mass is 262 g/mol. The normalized spacial score (nSPS) is 12.2. The summed E-state index contributed by atoms with van der Waals surface area (Å²) in [5, 5.41) is 9.69. The Morgan fingerprint density at radius 3 is 2.79 bits per heavy atom. The number of nitrogens with zero attached hydrogens (tertiary/aromatic N) is 2. The van der Waals surface area contributed by atoms with Gasteiger partial charge in [-0.05, 0) is 26.8 Å². The van der Waals surface area contributed by atoms with Crippen molar-refractivity contribution in [2.45, 2.75) is 26.8 Å². The molecule has 2 rings (SSSR count). The number of H-pyrrole nitrogens is 1. The summed E-state index contributed by atoms with van der Waals surface area (Å²) in [6.45, 7) is 5.57. The van der Waals surface area contributed by atoms with Crippen LogP contribution in [0, 0.1) is 19.7 Å². The van der Waals surface area contributed by atoms with E-state index in [4.69, 9.17) is 0 Å². The van der Waals surface area contributed by atoms with E-state index in [1.807, 2.05) is 20.8 Å². The fraction of sp³-hybridized carbons (Fsp3) is 0.308. The Bertz CT molecular complexity index is 589. The van der Waals surface area contributed by atoms with Crippen LogP contribution >= 0.6 is 0 Å². The van der Waals surface area contributed by atoms with Gasteiger partial charge in [0.15, 0.2) is 5.82 Å². The van der Waals surface area contributed by atoms with Gasteiger partial charge < -0.3 is 5.32 Å². The number of aromatic amines is 1. The van der Waals surface area contributed by atoms with E-state index in [9.17, 15) is 9.18 Å². The number of rotatable bonds is 3. The largest absolute Gasteiger partial charge is 0.345 e. The zero-order valence-electron chi connectivity index (χ0n) is 11.0. The van der Waals surface area contributed by atoms with E-state index in [1.165, 1.54) is 12.3 Å². The highest BCUT2D eigenvalue weighted by Gasteiger charge is 2.18. The van der Waals surface area contributed by atoms with Crippen molar-refractivity contribution < 1.29 is 9.18 Å². The molecule has 0 radical (unpaired) electrons. The number of carbonyl (C=O) groups is 1. The maximum absolute atomic E-state index is 13.4. The van der Waals surface area contributed by atoms with Crippen molar-refractivity contribution in [3.8, 4) is 0 Å². The third kappa shape index (κ3) is 2.62. The number of carbonyl (C=O) groups excluding carboxylic acids is 1. The third-order valence-electron chi connectivity index (χ3n) is 2.98. The van der Waals surface area contributed by atoms with E-state index < -0.39 is 11.7 Å². The number of hydrogen-bond donors (Lipinski definition) is 2. The second-order valence-electron chi connectivity index (χ2n) is 4.40. The van der Waals surface area contributed by atoms with E-state index in [2.05, 4.69) is 20.5 Å². The van der Waals surface area contributed by atoms with Gasteiger partial charge in [0, 0.05) is 17.5 Å². The lowest BCUT2D eigenvalue weighted by atomic mass is 10.1. The molecule has 19 heavy (non-hydrogen) atoms. The van der Waals surface area contributed by atoms with Crippen LogP contribution in [0.15, 0.2) is 18.5 Å². The summed E-state index contributed by atoms with van der Waals surface area (Å²) in [4.78, 5) is 15.6. The first-order chi connectivity index (χ1) is 9.00. The smallest absolute Gasteiger partial charge is 0.254 e. The molecule has 0 fully saturated rings. The molecular weight excluding hydrogens is 247 g/mol. The Labute approximate surface area is 110 Å². The molecule has 1 atom stereocenters. The molecule has 100 valence electrons. The molecule has 2 aromatic rings. The minimum Gasteiger partial charge on any atom is -0.345 e. The highest BCUT2D eigenvalue weighted by atomic mass is 19.1. The molecule has 2 heterocycles. The molecule has 0 spiro atoms. The lowest BCUT2D eigenvalue weighted by Gasteiger charge is -2.14. The predicted molar refractivity (Wildman–Crippen MR) is 68.1 cm³/mol. The molecule has 0 saturated heterocycles. The number of hydrogen-bond acceptors (Lipinski definition) is 3. The van der Waals surface area contributed by atoms with Crippen LogP contribution in [0.5, 0.6) is 0 Å². The maximum atomic E-state index is 13.4. The number of aromatic nitrogens is 3. The van der Waals surface area contributed by atoms with Crippen LogP contribution < -0.4 is 5.32 Å². The van der Waals surface area contributed by atoms with Crippen molar-refractivity contribution in [1.82, 2.24) is 20.5 Å². The molecule has 0 aliphatic rings. The standard InChI is InChI=1S/C13H15FN4O/c1-7(12-8(2)17-18-9(12)3)16-13(19)10-4-5-15-6-11(10)14/h4-7H,1-3H3,(H,16,19)(H,17,18)/t7-/m1/s1. The van der Waals surface area contributed by atoms with E-state index in [0.29, 0.717) is 0 Å². The SMILES string of the molecule is Cc1n[nH]c(C)c1[C@@H](C)NC(=O)c1ccncc1F. The molecule has 0 saturated carbocycles. The first kappa shape index (κ1) is 13.2. The van der Waals surface area contributed by atoms with E-state index in [1.54, 1.807) is 0 Å². The average molecular weight is 262 g/mol. The first-order valence-electron chi connectivity index (χ1n) is 5.92. The number of halogens is 1. The van der Waals surface area contributed by atoms with Crippen LogP contribution in [-0.2, 0) is 0 Å². The van der Waals surface area contributed by atoms with E-state index >= 15 is 0 Å². The van der Waals surface area contributed by atoms with Crippen molar-refractivity contribution in [3.05, 3.63) is 46.8 Å². The first-order valence-corrected chi connectivity index (χ1v) is 5.92. The van der Waals surface area contributed by atoms with Crippen molar-refractivity contribution in [2.75, 3.05) is 0 Å². The molecule has 2 N–H and O–H groups in total. The van der Waals surface area contributed by atoms with Crippen LogP contribution in [0.25, 0.3) is 0 Å². The molecule has 5 nitrogen and oxygen atoms in total. The minimum atomic E-state index is -0.632. The Kier molecular flexibility index (Phi) is 3.59. The summed E-state index contributed by atoms with van der Waals surface area (Å²) in [7, 11) is 0. The van der Waals surface area contributed by atoms with Gasteiger partial charge in [0.2, 0.25) is 0 Å². The van der Waals surface area contributed by atoms with Gasteiger partial charge in [-0.3, -0.25) is 14.9 Å². The van der Waals surface area contributed by atoms with E-state index in [-0.39, 0.29) is 11.6 Å². The topological polar surface area (TPSA) is 70.7 Å². The van der Waals surface area contributed by atoms with E-state index in [0.717, 1.165) is 23.1 Å². The number of nitrogens with one attached hydrogen (secondary N) is 2. The van der Waals surface area contributed by atoms with Crippen molar-refractivity contribution in [1.29, 1.82) is 0 Å². The number of aryl methyl sites for hydroxylation is 2. The summed E-state index contributed by atoms with van der Waals surface area (Å²) < 4.78 is 13.4. The molecule has 0 aromatic carbocycles. The highest BCUT2D eigenvalue weighted by molar-refractivity contribution is 5.94. The number of pyridine rings is 1. The summed E-state index contributed by atoms with van der Waals surface area (Å²) in [6, 6.07) is 1.10. The summed E-state index contributed by atoms with van der Waals surface area (Å²) >= 11 is 0. The average Bonchev–Trinajstić information content (AvgIpc) is 2.69. The Morgan fingerprint density at radius 1 is 1.47 bits per heavy atom. The van der Waals surface area contributed by atoms with Gasteiger partial charge in [-0.1, -0.05) is 0 Å². The summed E-state index contributed by atoms with van der Waals surface area (Å²) in [5.74, 6) is -1.10. The minimum absolute atomic E-state index is 0.0133. The molecule has 1 amide bonds. The van der Waals surface area contributed by atoms with Gasteiger partial charge in [0.1, 0.15) is 0 Å². The molecule has 0 aliphatic carbocycles. The fourth-order valence-corrected chi connectivity index (χ4v) is 2.10. The lowest BCUT2D eigenvalue weighted by molar-refractivity contribution is 0.0935. The zero-order chi connectivity index (χ0) is 14.0. The second kappa shape index (κ2) is 5.17. The molecule has 0 bridgehead atoms. The quantitative estimate of drug-likeness (QED) is 0.889. The van der Waals surface area contributed by atoms with Gasteiger partial charge in [-0.25, -0.2) is 4.39 Å². The maximum Gasteiger partial charge on any atom is 0.254 e. The van der Waals surface area contributed by atoms with Crippen LogP contribution in [0.1, 0.15) is 40.3 Å². The number of amides is 1. The van der Waals surface area contributed by atoms with Crippen LogP contribution in [-0.4, -0.2) is 21.1 Å². The predicted octanol–water partition coefficient (Wildman–Crippen LogP) is 2.05. The van der Waals surface area contributed by atoms with Gasteiger partial charge in [0.05, 0.1) is 23.5 Å². The Hall–Kier alpha value is -2.24. The van der Waals surface area contributed by atoms with Gasteiger partial charge in [-0.15, -0.1) is 0 Å². The zero-order valence-corrected chi connectivity index (χ0v) is 11.0. The van der Waals surface area contributed by atoms with Crippen molar-refractivity contribution in [2.24, 2.45) is 0 Å². The van der Waals surface area contributed by atoms with Gasteiger partial charge >= 0.3 is 0 Å². The van der Waals surface area contributed by atoms with Gasteiger partial charge in [0.25, 0.3) is 5.91 Å². The summed E-state index contributed by atoms with van der Waals surface area (Å²) in [5.41, 5.74) is 2.62. The molecule has 6 heteroatoms. The Morgan fingerprint density at radius 2 is 2.21 bits per heavy atom. The molecule has 2 aromatic heterocycles. The molecule has 0 unspecified atom stereocenters. The highest BCUT2D eigenvalue weighted by Crippen LogP contribution is 2.19. The second-order valence-corrected chi connectivity index (χ2v) is 4.40. The van der Waals surface area contributed by atoms with Crippen molar-refractivity contribution >= 4 is 5.91 Å². The van der Waals surface area contributed by atoms with Crippen LogP contribution in [0.3, 0.4) is 0 Å². The van der Waals surface area contributed by atoms with Gasteiger partial charge in [-0.2, -0.15) is 5.10 Å². The third-order valence-corrected chi connectivity index (χ3v) is 2.98. The molecular formula is C13H15FN4O. The fourth-order valence-electron chi connectivity index (χ4n) is 2.10. The molecule has 0 aliphatic heterocycles. The Balaban J connectivity index is 2.18. The van der Waals surface area contributed by atoms with Crippen LogP contribution in [0.4, 0.5) is 4.39 Å². The summed E-state index contributed by atoms with van der Waals surface area (Å²) in [6.07, 6.45) is 2.41. The van der Waals surface area contributed by atoms with Crippen molar-refractivity contribution in [3.63, 3.8) is 0 Å². The lowest BCUT2D eigenvalue weighted by Crippen LogP contribution is -2.28. The van der Waals surface area contributed by atoms with Crippen LogP contribution in [0.2, 0.25) is 0 Å².